The number of hydrogen-bond acceptors (Lipinski definition) is 11. The molecule has 1 aromatic carbocycles. The van der Waals surface area contributed by atoms with Crippen LogP contribution >= 0.6 is 105 Å². The summed E-state index contributed by atoms with van der Waals surface area (Å²) in [7, 11) is 0. The summed E-state index contributed by atoms with van der Waals surface area (Å²) in [5, 5.41) is 19.8. The van der Waals surface area contributed by atoms with Crippen LogP contribution in [0, 0.1) is 26.5 Å². The minimum Gasteiger partial charge on any atom is -0.192 e. The Morgan fingerprint density at radius 2 is 1.28 bits per heavy atom. The third-order valence-electron chi connectivity index (χ3n) is 3.87. The molecular formula is C21H16N2S9. The van der Waals surface area contributed by atoms with Crippen molar-refractivity contribution in [2.45, 2.75) is 48.0 Å². The topological polar surface area (TPSA) is 47.6 Å². The largest absolute Gasteiger partial charge is 0.192 e. The van der Waals surface area contributed by atoms with Gasteiger partial charge in [-0.3, -0.25) is 0 Å². The van der Waals surface area contributed by atoms with Crippen LogP contribution < -0.4 is 8.38 Å². The lowest BCUT2D eigenvalue weighted by atomic mass is 10.1. The van der Waals surface area contributed by atoms with Crippen LogP contribution in [-0.4, -0.2) is 10.5 Å². The lowest BCUT2D eigenvalue weighted by Gasteiger charge is -2.08. The molecule has 0 atom stereocenters. The predicted molar refractivity (Wildman–Crippen MR) is 154 cm³/mol. The van der Waals surface area contributed by atoms with E-state index in [4.69, 9.17) is 12.2 Å². The highest BCUT2D eigenvalue weighted by molar-refractivity contribution is 8.46. The summed E-state index contributed by atoms with van der Waals surface area (Å²) in [6.45, 7) is 8.96. The molecule has 0 N–H and O–H groups in total. The Bertz CT molecular complexity index is 1310. The molecule has 11 heteroatoms. The minimum absolute atomic E-state index is 0.430. The zero-order valence-electron chi connectivity index (χ0n) is 17.4. The van der Waals surface area contributed by atoms with Gasteiger partial charge in [0.25, 0.3) is 0 Å². The standard InChI is InChI=1S/C21H16N2S9/c1-9(2)25-18-19(26-10(3)4)32-21(31-18)20-29-15(16(24)30-20)17-27-13-5-11(7-22)12(8-23)6-14(13)28-17/h5-6,9-10H,1-4H3. The first-order valence-electron chi connectivity index (χ1n) is 9.44. The molecule has 4 rings (SSSR count). The van der Waals surface area contributed by atoms with E-state index >= 15 is 0 Å². The molecule has 1 aromatic heterocycles. The van der Waals surface area contributed by atoms with Crippen molar-refractivity contribution in [3.8, 4) is 12.1 Å². The van der Waals surface area contributed by atoms with Crippen molar-refractivity contribution in [1.29, 1.82) is 10.5 Å². The molecule has 2 aliphatic rings. The van der Waals surface area contributed by atoms with Gasteiger partial charge in [-0.25, -0.2) is 0 Å². The first-order valence-corrected chi connectivity index (χ1v) is 16.5. The fourth-order valence-electron chi connectivity index (χ4n) is 2.64. The summed E-state index contributed by atoms with van der Waals surface area (Å²) in [4.78, 5) is 2.06. The fourth-order valence-corrected chi connectivity index (χ4v) is 15.1. The second kappa shape index (κ2) is 10.8. The normalized spacial score (nSPS) is 15.6. The van der Waals surface area contributed by atoms with Gasteiger partial charge in [0.2, 0.25) is 0 Å². The summed E-state index contributed by atoms with van der Waals surface area (Å²) < 4.78 is 8.58. The van der Waals surface area contributed by atoms with Crippen molar-refractivity contribution in [2.75, 3.05) is 0 Å². The molecule has 0 bridgehead atoms. The Morgan fingerprint density at radius 1 is 0.781 bits per heavy atom. The molecule has 32 heavy (non-hydrogen) atoms. The lowest BCUT2D eigenvalue weighted by Crippen LogP contribution is -1.96. The van der Waals surface area contributed by atoms with Gasteiger partial charge < -0.3 is 0 Å². The second-order valence-corrected chi connectivity index (χ2v) is 18.4. The number of hydrogen-bond donors (Lipinski definition) is 0. The fraction of sp³-hybridized carbons (Fsp3) is 0.286. The van der Waals surface area contributed by atoms with Gasteiger partial charge in [-0.1, -0.05) is 87.0 Å². The first-order chi connectivity index (χ1) is 15.3. The molecule has 2 nitrogen and oxygen atoms in total. The second-order valence-electron chi connectivity index (χ2n) is 7.07. The Kier molecular flexibility index (Phi) is 8.46. The number of thioether (sulfide) groups is 6. The molecule has 0 saturated heterocycles. The van der Waals surface area contributed by atoms with E-state index in [1.54, 1.807) is 46.2 Å². The third-order valence-corrected chi connectivity index (χ3v) is 15.6. The van der Waals surface area contributed by atoms with E-state index in [0.717, 1.165) is 22.4 Å². The van der Waals surface area contributed by atoms with Gasteiger partial charge in [-0.15, -0.1) is 46.2 Å². The van der Waals surface area contributed by atoms with E-state index < -0.39 is 0 Å². The average molecular weight is 585 g/mol. The summed E-state index contributed by atoms with van der Waals surface area (Å²) in [6.07, 6.45) is 0. The molecule has 0 spiro atoms. The molecular weight excluding hydrogens is 569 g/mol. The van der Waals surface area contributed by atoms with Crippen LogP contribution in [0.3, 0.4) is 0 Å². The van der Waals surface area contributed by atoms with Crippen LogP contribution in [0.1, 0.15) is 38.8 Å². The van der Waals surface area contributed by atoms with Crippen molar-refractivity contribution in [3.63, 3.8) is 0 Å². The summed E-state index contributed by atoms with van der Waals surface area (Å²) in [5.41, 5.74) is 0.860. The SMILES string of the molecule is CC(C)SC1=C(SC(C)C)SC(=c2sc(=S)c(=C3Sc4cc(C#N)c(C#N)cc4S3)s2)S1. The molecule has 0 amide bonds. The monoisotopic (exact) mass is 584 g/mol. The Balaban J connectivity index is 1.72. The van der Waals surface area contributed by atoms with Crippen LogP contribution in [0.2, 0.25) is 0 Å². The van der Waals surface area contributed by atoms with Gasteiger partial charge in [0.05, 0.1) is 32.6 Å². The highest BCUT2D eigenvalue weighted by Gasteiger charge is 2.26. The van der Waals surface area contributed by atoms with Gasteiger partial charge in [0.15, 0.2) is 0 Å². The van der Waals surface area contributed by atoms with Crippen molar-refractivity contribution in [3.05, 3.63) is 43.9 Å². The van der Waals surface area contributed by atoms with Gasteiger partial charge in [0.1, 0.15) is 19.8 Å². The predicted octanol–water partition coefficient (Wildman–Crippen LogP) is 8.20. The number of fused-ring (bicyclic) bond motifs is 1. The number of rotatable bonds is 4. The Hall–Kier alpha value is 0.0500. The molecule has 164 valence electrons. The van der Waals surface area contributed by atoms with Crippen LogP contribution in [0.25, 0.3) is 8.47 Å². The molecule has 0 aliphatic carbocycles. The van der Waals surface area contributed by atoms with Gasteiger partial charge >= 0.3 is 0 Å². The first kappa shape index (κ1) is 25.2. The molecule has 3 heterocycles. The van der Waals surface area contributed by atoms with Crippen molar-refractivity contribution in [2.24, 2.45) is 0 Å². The summed E-state index contributed by atoms with van der Waals surface area (Å²) >= 11 is 20.2. The van der Waals surface area contributed by atoms with Gasteiger partial charge in [-0.2, -0.15) is 10.5 Å². The quantitative estimate of drug-likeness (QED) is 0.331. The molecule has 0 fully saturated rings. The minimum atomic E-state index is 0.430. The molecule has 2 aromatic rings. The van der Waals surface area contributed by atoms with Crippen LogP contribution in [0.4, 0.5) is 0 Å². The molecule has 0 saturated carbocycles. The van der Waals surface area contributed by atoms with E-state index in [1.807, 2.05) is 59.2 Å². The maximum Gasteiger partial charge on any atom is 0.110 e. The van der Waals surface area contributed by atoms with Gasteiger partial charge in [0, 0.05) is 20.3 Å². The van der Waals surface area contributed by atoms with E-state index in [2.05, 4.69) is 39.8 Å². The summed E-state index contributed by atoms with van der Waals surface area (Å²) in [5.74, 6) is 0. The van der Waals surface area contributed by atoms with Crippen molar-refractivity contribution >= 4 is 114 Å². The number of nitrogens with zero attached hydrogens (tertiary/aromatic N) is 2. The van der Waals surface area contributed by atoms with E-state index in [1.165, 1.54) is 16.6 Å². The van der Waals surface area contributed by atoms with Crippen molar-refractivity contribution < 1.29 is 0 Å². The van der Waals surface area contributed by atoms with E-state index in [9.17, 15) is 10.5 Å². The summed E-state index contributed by atoms with van der Waals surface area (Å²) in [6, 6.07) is 7.91. The average Bonchev–Trinajstić information content (AvgIpc) is 3.42. The van der Waals surface area contributed by atoms with Crippen LogP contribution in [0.5, 0.6) is 0 Å². The number of nitriles is 2. The van der Waals surface area contributed by atoms with E-state index in [0.29, 0.717) is 21.6 Å². The highest BCUT2D eigenvalue weighted by Crippen LogP contribution is 2.59. The van der Waals surface area contributed by atoms with E-state index in [-0.39, 0.29) is 0 Å². The van der Waals surface area contributed by atoms with Crippen LogP contribution in [0.15, 0.2) is 30.4 Å². The molecule has 0 unspecified atom stereocenters. The molecule has 2 aliphatic heterocycles. The van der Waals surface area contributed by atoms with Crippen molar-refractivity contribution in [1.82, 2.24) is 0 Å². The maximum atomic E-state index is 9.33. The third kappa shape index (κ3) is 5.48. The maximum absolute atomic E-state index is 9.33. The highest BCUT2D eigenvalue weighted by atomic mass is 32.3. The zero-order valence-corrected chi connectivity index (χ0v) is 24.7. The van der Waals surface area contributed by atoms with Gasteiger partial charge in [-0.05, 0) is 12.1 Å². The van der Waals surface area contributed by atoms with Crippen LogP contribution in [-0.2, 0) is 0 Å². The Labute approximate surface area is 226 Å². The Morgan fingerprint density at radius 3 is 1.72 bits per heavy atom. The zero-order chi connectivity index (χ0) is 23.0. The lowest BCUT2D eigenvalue weighted by molar-refractivity contribution is 1.12. The number of benzene rings is 1. The molecule has 0 radical (unpaired) electrons. The smallest absolute Gasteiger partial charge is 0.110 e.